The fraction of sp³-hybridized carbons (Fsp3) is 0.625. The summed E-state index contributed by atoms with van der Waals surface area (Å²) in [5, 5.41) is 8.48. The van der Waals surface area contributed by atoms with Gasteiger partial charge in [0.05, 0.1) is 6.42 Å². The molecule has 1 fully saturated rings. The average Bonchev–Trinajstić information content (AvgIpc) is 2.06. The van der Waals surface area contributed by atoms with Crippen molar-refractivity contribution in [2.45, 2.75) is 19.3 Å². The van der Waals surface area contributed by atoms with Crippen LogP contribution in [0.2, 0.25) is 0 Å². The number of hydrogen-bond donors (Lipinski definition) is 1. The molecule has 1 unspecified atom stereocenters. The highest BCUT2D eigenvalue weighted by molar-refractivity contribution is 5.99. The molecule has 1 heterocycles. The normalized spacial score (nSPS) is 23.5. The van der Waals surface area contributed by atoms with Gasteiger partial charge in [0.1, 0.15) is 0 Å². The van der Waals surface area contributed by atoms with E-state index in [1.807, 2.05) is 0 Å². The largest absolute Gasteiger partial charge is 0.481 e. The van der Waals surface area contributed by atoms with Crippen molar-refractivity contribution in [3.05, 3.63) is 0 Å². The lowest BCUT2D eigenvalue weighted by molar-refractivity contribution is -0.153. The molecular weight excluding hydrogens is 174 g/mol. The summed E-state index contributed by atoms with van der Waals surface area (Å²) >= 11 is 0. The second-order valence-corrected chi connectivity index (χ2v) is 3.12. The van der Waals surface area contributed by atoms with Crippen LogP contribution in [0.4, 0.5) is 0 Å². The minimum absolute atomic E-state index is 0.184. The van der Waals surface area contributed by atoms with Gasteiger partial charge in [0.15, 0.2) is 0 Å². The molecule has 72 valence electrons. The molecule has 1 aliphatic rings. The van der Waals surface area contributed by atoms with Gasteiger partial charge < -0.3 is 5.11 Å². The summed E-state index contributed by atoms with van der Waals surface area (Å²) in [6, 6.07) is 0. The van der Waals surface area contributed by atoms with Gasteiger partial charge in [-0.15, -0.1) is 0 Å². The SMILES string of the molecule is CN1C(=O)CCC(CC(=O)O)C1=O. The molecule has 0 aromatic carbocycles. The molecule has 13 heavy (non-hydrogen) atoms. The number of imide groups is 1. The zero-order valence-corrected chi connectivity index (χ0v) is 7.32. The number of carboxylic acids is 1. The van der Waals surface area contributed by atoms with E-state index in [1.165, 1.54) is 7.05 Å². The number of nitrogens with zero attached hydrogens (tertiary/aromatic N) is 1. The third-order valence-corrected chi connectivity index (χ3v) is 2.18. The molecule has 0 spiro atoms. The van der Waals surface area contributed by atoms with Gasteiger partial charge in [0.25, 0.3) is 0 Å². The lowest BCUT2D eigenvalue weighted by atomic mass is 9.94. The van der Waals surface area contributed by atoms with Gasteiger partial charge in [0, 0.05) is 19.4 Å². The lowest BCUT2D eigenvalue weighted by Crippen LogP contribution is -2.42. The van der Waals surface area contributed by atoms with Crippen molar-refractivity contribution in [1.29, 1.82) is 0 Å². The van der Waals surface area contributed by atoms with Crippen LogP contribution in [0.5, 0.6) is 0 Å². The summed E-state index contributed by atoms with van der Waals surface area (Å²) in [6.07, 6.45) is 0.435. The van der Waals surface area contributed by atoms with Gasteiger partial charge in [-0.2, -0.15) is 0 Å². The minimum Gasteiger partial charge on any atom is -0.481 e. The molecule has 2 amide bonds. The van der Waals surface area contributed by atoms with Crippen LogP contribution in [0.15, 0.2) is 0 Å². The quantitative estimate of drug-likeness (QED) is 0.607. The molecule has 1 saturated heterocycles. The van der Waals surface area contributed by atoms with E-state index in [-0.39, 0.29) is 24.7 Å². The Kier molecular flexibility index (Phi) is 2.65. The Morgan fingerprint density at radius 1 is 1.62 bits per heavy atom. The van der Waals surface area contributed by atoms with E-state index in [9.17, 15) is 14.4 Å². The fourth-order valence-electron chi connectivity index (χ4n) is 1.39. The van der Waals surface area contributed by atoms with Crippen LogP contribution in [-0.4, -0.2) is 34.8 Å². The highest BCUT2D eigenvalue weighted by atomic mass is 16.4. The molecule has 1 rings (SSSR count). The number of carbonyl (C=O) groups is 3. The topological polar surface area (TPSA) is 74.7 Å². The Morgan fingerprint density at radius 3 is 2.77 bits per heavy atom. The molecule has 0 aromatic heterocycles. The number of carboxylic acid groups (broad SMARTS) is 1. The van der Waals surface area contributed by atoms with E-state index in [2.05, 4.69) is 0 Å². The maximum atomic E-state index is 11.3. The summed E-state index contributed by atoms with van der Waals surface area (Å²) in [7, 11) is 1.39. The first-order valence-corrected chi connectivity index (χ1v) is 4.04. The van der Waals surface area contributed by atoms with Crippen LogP contribution in [0.25, 0.3) is 0 Å². The van der Waals surface area contributed by atoms with Gasteiger partial charge in [-0.05, 0) is 6.42 Å². The van der Waals surface area contributed by atoms with Gasteiger partial charge in [0.2, 0.25) is 11.8 Å². The van der Waals surface area contributed by atoms with Crippen molar-refractivity contribution in [3.8, 4) is 0 Å². The molecule has 5 heteroatoms. The van der Waals surface area contributed by atoms with Crippen molar-refractivity contribution in [2.75, 3.05) is 7.05 Å². The van der Waals surface area contributed by atoms with Crippen molar-refractivity contribution in [2.24, 2.45) is 5.92 Å². The first-order valence-electron chi connectivity index (χ1n) is 4.04. The van der Waals surface area contributed by atoms with Crippen LogP contribution in [0.3, 0.4) is 0 Å². The Bertz CT molecular complexity index is 261. The molecule has 1 atom stereocenters. The van der Waals surface area contributed by atoms with Gasteiger partial charge >= 0.3 is 5.97 Å². The van der Waals surface area contributed by atoms with Crippen molar-refractivity contribution >= 4 is 17.8 Å². The zero-order chi connectivity index (χ0) is 10.0. The molecule has 0 saturated carbocycles. The van der Waals surface area contributed by atoms with Crippen molar-refractivity contribution < 1.29 is 19.5 Å². The summed E-state index contributed by atoms with van der Waals surface area (Å²) in [5.74, 6) is -2.13. The highest BCUT2D eigenvalue weighted by Crippen LogP contribution is 2.20. The first-order chi connectivity index (χ1) is 6.02. The third kappa shape index (κ3) is 2.05. The number of carbonyl (C=O) groups excluding carboxylic acids is 2. The molecule has 5 nitrogen and oxygen atoms in total. The summed E-state index contributed by atoms with van der Waals surface area (Å²) in [5.41, 5.74) is 0. The monoisotopic (exact) mass is 185 g/mol. The maximum Gasteiger partial charge on any atom is 0.304 e. The van der Waals surface area contributed by atoms with Gasteiger partial charge in [-0.25, -0.2) is 0 Å². The van der Waals surface area contributed by atoms with Crippen LogP contribution < -0.4 is 0 Å². The van der Waals surface area contributed by atoms with Gasteiger partial charge in [-0.3, -0.25) is 19.3 Å². The van der Waals surface area contributed by atoms with Crippen molar-refractivity contribution in [1.82, 2.24) is 4.90 Å². The Hall–Kier alpha value is -1.39. The van der Waals surface area contributed by atoms with Crippen LogP contribution in [0, 0.1) is 5.92 Å². The molecule has 0 aromatic rings. The Morgan fingerprint density at radius 2 is 2.23 bits per heavy atom. The van der Waals surface area contributed by atoms with Gasteiger partial charge in [-0.1, -0.05) is 0 Å². The molecule has 1 N–H and O–H groups in total. The highest BCUT2D eigenvalue weighted by Gasteiger charge is 2.32. The lowest BCUT2D eigenvalue weighted by Gasteiger charge is -2.26. The van der Waals surface area contributed by atoms with E-state index >= 15 is 0 Å². The maximum absolute atomic E-state index is 11.3. The van der Waals surface area contributed by atoms with Crippen LogP contribution >= 0.6 is 0 Å². The first kappa shape index (κ1) is 9.70. The standard InChI is InChI=1S/C8H11NO4/c1-9-6(10)3-2-5(8(9)13)4-7(11)12/h5H,2-4H2,1H3,(H,11,12). The number of piperidine rings is 1. The van der Waals surface area contributed by atoms with Crippen molar-refractivity contribution in [3.63, 3.8) is 0 Å². The predicted octanol–water partition coefficient (Wildman–Crippen LogP) is -0.144. The predicted molar refractivity (Wildman–Crippen MR) is 42.8 cm³/mol. The second-order valence-electron chi connectivity index (χ2n) is 3.12. The number of hydrogen-bond acceptors (Lipinski definition) is 3. The van der Waals surface area contributed by atoms with Crippen LogP contribution in [-0.2, 0) is 14.4 Å². The smallest absolute Gasteiger partial charge is 0.304 e. The second kappa shape index (κ2) is 3.55. The van der Waals surface area contributed by atoms with E-state index in [1.54, 1.807) is 0 Å². The summed E-state index contributed by atoms with van der Waals surface area (Å²) in [4.78, 5) is 33.7. The number of amides is 2. The third-order valence-electron chi connectivity index (χ3n) is 2.18. The molecule has 0 aliphatic carbocycles. The average molecular weight is 185 g/mol. The van der Waals surface area contributed by atoms with E-state index in [0.717, 1.165) is 4.90 Å². The zero-order valence-electron chi connectivity index (χ0n) is 7.32. The fourth-order valence-corrected chi connectivity index (χ4v) is 1.39. The summed E-state index contributed by atoms with van der Waals surface area (Å²) < 4.78 is 0. The number of likely N-dealkylation sites (tertiary alicyclic amines) is 1. The van der Waals surface area contributed by atoms with E-state index < -0.39 is 11.9 Å². The summed E-state index contributed by atoms with van der Waals surface area (Å²) in [6.45, 7) is 0. The number of aliphatic carboxylic acids is 1. The van der Waals surface area contributed by atoms with E-state index in [0.29, 0.717) is 6.42 Å². The minimum atomic E-state index is -0.999. The molecule has 0 radical (unpaired) electrons. The van der Waals surface area contributed by atoms with E-state index in [4.69, 9.17) is 5.11 Å². The Balaban J connectivity index is 2.64. The Labute approximate surface area is 75.3 Å². The molecular formula is C8H11NO4. The number of rotatable bonds is 2. The molecule has 0 bridgehead atoms. The molecule has 1 aliphatic heterocycles. The van der Waals surface area contributed by atoms with Crippen LogP contribution in [0.1, 0.15) is 19.3 Å².